The molecule has 0 spiro atoms. The summed E-state index contributed by atoms with van der Waals surface area (Å²) in [6.07, 6.45) is 1.51. The van der Waals surface area contributed by atoms with Crippen molar-refractivity contribution >= 4 is 11.8 Å². The molecule has 182 valence electrons. The number of imide groups is 1. The summed E-state index contributed by atoms with van der Waals surface area (Å²) in [7, 11) is 0. The van der Waals surface area contributed by atoms with Crippen molar-refractivity contribution in [3.63, 3.8) is 0 Å². The van der Waals surface area contributed by atoms with Crippen LogP contribution in [0.2, 0.25) is 0 Å². The minimum atomic E-state index is -0.491. The quantitative estimate of drug-likeness (QED) is 0.396. The molecule has 2 amide bonds. The van der Waals surface area contributed by atoms with Gasteiger partial charge >= 0.3 is 0 Å². The first-order valence-corrected chi connectivity index (χ1v) is 12.5. The lowest BCUT2D eigenvalue weighted by Gasteiger charge is -2.21. The van der Waals surface area contributed by atoms with Gasteiger partial charge in [-0.05, 0) is 65.0 Å². The first kappa shape index (κ1) is 24.9. The third-order valence-corrected chi connectivity index (χ3v) is 7.11. The highest BCUT2D eigenvalue weighted by atomic mass is 16.3. The second kappa shape index (κ2) is 10.2. The first-order valence-electron chi connectivity index (χ1n) is 12.5. The molecule has 4 heteroatoms. The normalized spacial score (nSPS) is 15.3. The smallest absolute Gasteiger partial charge is 0.261 e. The average Bonchev–Trinajstić information content (AvgIpc) is 3.10. The van der Waals surface area contributed by atoms with Crippen LogP contribution in [0.1, 0.15) is 72.4 Å². The fourth-order valence-corrected chi connectivity index (χ4v) is 4.59. The van der Waals surface area contributed by atoms with Crippen LogP contribution in [0.15, 0.2) is 72.8 Å². The van der Waals surface area contributed by atoms with E-state index in [2.05, 4.69) is 69.3 Å². The third kappa shape index (κ3) is 5.54. The molecule has 0 saturated heterocycles. The number of fused-ring (bicyclic) bond motifs is 1. The molecule has 4 nitrogen and oxygen atoms in total. The van der Waals surface area contributed by atoms with E-state index < -0.39 is 6.10 Å². The second-order valence-corrected chi connectivity index (χ2v) is 10.7. The molecule has 2 atom stereocenters. The summed E-state index contributed by atoms with van der Waals surface area (Å²) in [4.78, 5) is 26.4. The lowest BCUT2D eigenvalue weighted by Crippen LogP contribution is -2.33. The number of carbonyl (C=O) groups is 2. The van der Waals surface area contributed by atoms with Crippen molar-refractivity contribution in [1.82, 2.24) is 4.90 Å². The Morgan fingerprint density at radius 3 is 1.80 bits per heavy atom. The molecule has 35 heavy (non-hydrogen) atoms. The van der Waals surface area contributed by atoms with E-state index in [4.69, 9.17) is 0 Å². The molecule has 1 heterocycles. The van der Waals surface area contributed by atoms with Gasteiger partial charge in [-0.3, -0.25) is 14.5 Å². The van der Waals surface area contributed by atoms with Gasteiger partial charge < -0.3 is 5.11 Å². The van der Waals surface area contributed by atoms with Crippen LogP contribution in [0.25, 0.3) is 11.1 Å². The molecule has 0 fully saturated rings. The zero-order chi connectivity index (χ0) is 25.2. The molecule has 4 rings (SSSR count). The van der Waals surface area contributed by atoms with Gasteiger partial charge in [-0.2, -0.15) is 0 Å². The van der Waals surface area contributed by atoms with Crippen molar-refractivity contribution < 1.29 is 14.7 Å². The Bertz CT molecular complexity index is 1150. The van der Waals surface area contributed by atoms with E-state index in [1.165, 1.54) is 27.2 Å². The van der Waals surface area contributed by atoms with Crippen LogP contribution >= 0.6 is 0 Å². The Morgan fingerprint density at radius 2 is 1.29 bits per heavy atom. The van der Waals surface area contributed by atoms with Crippen molar-refractivity contribution in [3.8, 4) is 11.1 Å². The Hall–Kier alpha value is -3.24. The number of carbonyl (C=O) groups excluding carboxylic acids is 2. The molecule has 0 bridgehead atoms. The fraction of sp³-hybridized carbons (Fsp3) is 0.355. The van der Waals surface area contributed by atoms with Crippen molar-refractivity contribution in [3.05, 3.63) is 95.1 Å². The zero-order valence-electron chi connectivity index (χ0n) is 21.1. The van der Waals surface area contributed by atoms with E-state index in [0.29, 0.717) is 30.5 Å². The summed E-state index contributed by atoms with van der Waals surface area (Å²) >= 11 is 0. The monoisotopic (exact) mass is 469 g/mol. The number of nitrogens with zero attached hydrogens (tertiary/aromatic N) is 1. The standard InChI is InChI=1S/C31H35NO3/c1-21(19-20-32-29(34)26-7-5-6-8-27(26)30(32)35)28(33)18-11-22-9-12-23(13-10-22)24-14-16-25(17-15-24)31(2,3)4/h5-10,12-17,21,28,33H,11,18-20H2,1-4H3. The highest BCUT2D eigenvalue weighted by molar-refractivity contribution is 6.21. The maximum atomic E-state index is 12.5. The fourth-order valence-electron chi connectivity index (χ4n) is 4.59. The summed E-state index contributed by atoms with van der Waals surface area (Å²) in [5.74, 6) is -0.485. The number of aliphatic hydroxyl groups excluding tert-OH is 1. The van der Waals surface area contributed by atoms with E-state index in [9.17, 15) is 14.7 Å². The second-order valence-electron chi connectivity index (χ2n) is 10.7. The molecule has 1 aliphatic rings. The van der Waals surface area contributed by atoms with Gasteiger partial charge in [0.25, 0.3) is 11.8 Å². The molecule has 1 aliphatic heterocycles. The number of hydrogen-bond donors (Lipinski definition) is 1. The van der Waals surface area contributed by atoms with Gasteiger partial charge in [-0.15, -0.1) is 0 Å². The molecule has 3 aromatic rings. The minimum absolute atomic E-state index is 0.0140. The number of benzene rings is 3. The predicted octanol–water partition coefficient (Wildman–Crippen LogP) is 6.27. The van der Waals surface area contributed by atoms with Crippen LogP contribution in [0.5, 0.6) is 0 Å². The Labute approximate surface area is 208 Å². The third-order valence-electron chi connectivity index (χ3n) is 7.11. The van der Waals surface area contributed by atoms with E-state index >= 15 is 0 Å². The lowest BCUT2D eigenvalue weighted by atomic mass is 9.86. The van der Waals surface area contributed by atoms with Gasteiger partial charge in [-0.25, -0.2) is 0 Å². The van der Waals surface area contributed by atoms with E-state index in [1.54, 1.807) is 24.3 Å². The number of aliphatic hydroxyl groups is 1. The van der Waals surface area contributed by atoms with Gasteiger partial charge in [0.1, 0.15) is 0 Å². The van der Waals surface area contributed by atoms with Crippen LogP contribution in [0, 0.1) is 5.92 Å². The zero-order valence-corrected chi connectivity index (χ0v) is 21.1. The summed E-state index contributed by atoms with van der Waals surface area (Å²) in [6.45, 7) is 8.96. The van der Waals surface area contributed by atoms with Gasteiger partial charge in [0, 0.05) is 6.54 Å². The van der Waals surface area contributed by atoms with E-state index in [-0.39, 0.29) is 23.1 Å². The largest absolute Gasteiger partial charge is 0.393 e. The van der Waals surface area contributed by atoms with E-state index in [1.807, 2.05) is 6.92 Å². The summed E-state index contributed by atoms with van der Waals surface area (Å²) in [5.41, 5.74) is 5.98. The van der Waals surface area contributed by atoms with Crippen LogP contribution < -0.4 is 0 Å². The van der Waals surface area contributed by atoms with E-state index in [0.717, 1.165) is 6.42 Å². The number of rotatable bonds is 8. The van der Waals surface area contributed by atoms with Gasteiger partial charge in [-0.1, -0.05) is 88.4 Å². The summed E-state index contributed by atoms with van der Waals surface area (Å²) < 4.78 is 0. The SMILES string of the molecule is CC(CCN1C(=O)c2ccccc2C1=O)C(O)CCc1ccc(-c2ccc(C(C)(C)C)cc2)cc1. The summed E-state index contributed by atoms with van der Waals surface area (Å²) in [5, 5.41) is 10.7. The highest BCUT2D eigenvalue weighted by Gasteiger charge is 2.35. The van der Waals surface area contributed by atoms with Crippen LogP contribution in [-0.4, -0.2) is 34.5 Å². The molecule has 2 unspecified atom stereocenters. The lowest BCUT2D eigenvalue weighted by molar-refractivity contribution is 0.0604. The number of aryl methyl sites for hydroxylation is 1. The van der Waals surface area contributed by atoms with Crippen LogP contribution in [0.3, 0.4) is 0 Å². The molecule has 3 aromatic carbocycles. The van der Waals surface area contributed by atoms with Crippen LogP contribution in [-0.2, 0) is 11.8 Å². The topological polar surface area (TPSA) is 57.6 Å². The molecule has 0 saturated carbocycles. The number of hydrogen-bond acceptors (Lipinski definition) is 3. The van der Waals surface area contributed by atoms with Crippen molar-refractivity contribution in [2.24, 2.45) is 5.92 Å². The maximum Gasteiger partial charge on any atom is 0.261 e. The predicted molar refractivity (Wildman–Crippen MR) is 140 cm³/mol. The minimum Gasteiger partial charge on any atom is -0.393 e. The Balaban J connectivity index is 1.27. The van der Waals surface area contributed by atoms with Gasteiger partial charge in [0.2, 0.25) is 0 Å². The molecule has 0 aromatic heterocycles. The molecular weight excluding hydrogens is 434 g/mol. The number of amides is 2. The van der Waals surface area contributed by atoms with Crippen molar-refractivity contribution in [2.45, 2.75) is 58.5 Å². The highest BCUT2D eigenvalue weighted by Crippen LogP contribution is 2.27. The average molecular weight is 470 g/mol. The molecular formula is C31H35NO3. The molecule has 1 N–H and O–H groups in total. The van der Waals surface area contributed by atoms with Crippen molar-refractivity contribution in [1.29, 1.82) is 0 Å². The van der Waals surface area contributed by atoms with Crippen LogP contribution in [0.4, 0.5) is 0 Å². The first-order chi connectivity index (χ1) is 16.6. The van der Waals surface area contributed by atoms with Crippen molar-refractivity contribution in [2.75, 3.05) is 6.54 Å². The Kier molecular flexibility index (Phi) is 7.23. The van der Waals surface area contributed by atoms with Gasteiger partial charge in [0.15, 0.2) is 0 Å². The molecule has 0 radical (unpaired) electrons. The molecule has 0 aliphatic carbocycles. The maximum absolute atomic E-state index is 12.5. The Morgan fingerprint density at radius 1 is 0.771 bits per heavy atom. The summed E-state index contributed by atoms with van der Waals surface area (Å²) in [6, 6.07) is 24.2. The van der Waals surface area contributed by atoms with Gasteiger partial charge in [0.05, 0.1) is 17.2 Å².